The lowest BCUT2D eigenvalue weighted by atomic mass is 10.2. The Labute approximate surface area is 201 Å². The number of anilines is 2. The number of rotatable bonds is 7. The minimum atomic E-state index is -0.285. The summed E-state index contributed by atoms with van der Waals surface area (Å²) in [5, 5.41) is 6.12. The first-order chi connectivity index (χ1) is 15.9. The van der Waals surface area contributed by atoms with Crippen LogP contribution in [0.25, 0.3) is 0 Å². The Bertz CT molecular complexity index is 970. The molecular weight excluding hydrogens is 436 g/mol. The summed E-state index contributed by atoms with van der Waals surface area (Å²) in [6.07, 6.45) is 0.528. The molecule has 33 heavy (non-hydrogen) atoms. The summed E-state index contributed by atoms with van der Waals surface area (Å²) < 4.78 is 5.66. The van der Waals surface area contributed by atoms with E-state index in [1.807, 2.05) is 36.1 Å². The third-order valence-electron chi connectivity index (χ3n) is 5.35. The standard InChI is InChI=1S/C25H32N4O3S/c1-4-23(30)29-15-13-28(14-16-29)22-8-6-5-7-21(22)26-25(33)27-24(31)19-9-11-20(12-10-19)32-17-18(2)3/h5-12,18H,4,13-17H2,1-3H3,(H2,26,27,31,33). The first kappa shape index (κ1) is 24.5. The molecular formula is C25H32N4O3S. The molecule has 1 aliphatic rings. The number of thiocarbonyl (C=S) groups is 1. The summed E-state index contributed by atoms with van der Waals surface area (Å²) in [7, 11) is 0. The van der Waals surface area contributed by atoms with Crippen molar-refractivity contribution in [3.63, 3.8) is 0 Å². The molecule has 7 nitrogen and oxygen atoms in total. The van der Waals surface area contributed by atoms with E-state index in [1.165, 1.54) is 0 Å². The van der Waals surface area contributed by atoms with Crippen LogP contribution in [0, 0.1) is 5.92 Å². The number of nitrogens with one attached hydrogen (secondary N) is 2. The number of hydrogen-bond acceptors (Lipinski definition) is 5. The van der Waals surface area contributed by atoms with Crippen molar-refractivity contribution in [2.75, 3.05) is 43.0 Å². The highest BCUT2D eigenvalue weighted by Gasteiger charge is 2.22. The topological polar surface area (TPSA) is 73.9 Å². The number of carbonyl (C=O) groups excluding carboxylic acids is 2. The van der Waals surface area contributed by atoms with Gasteiger partial charge in [-0.1, -0.05) is 32.9 Å². The molecule has 0 saturated carbocycles. The number of benzene rings is 2. The van der Waals surface area contributed by atoms with Crippen LogP contribution in [-0.2, 0) is 4.79 Å². The van der Waals surface area contributed by atoms with Crippen molar-refractivity contribution in [3.8, 4) is 5.75 Å². The fraction of sp³-hybridized carbons (Fsp3) is 0.400. The first-order valence-electron chi connectivity index (χ1n) is 11.3. The molecule has 3 rings (SSSR count). The summed E-state index contributed by atoms with van der Waals surface area (Å²) in [6, 6.07) is 14.8. The molecule has 1 aliphatic heterocycles. The maximum absolute atomic E-state index is 12.6. The normalized spacial score (nSPS) is 13.6. The smallest absolute Gasteiger partial charge is 0.257 e. The van der Waals surface area contributed by atoms with Gasteiger partial charge in [0.05, 0.1) is 18.0 Å². The van der Waals surface area contributed by atoms with E-state index in [1.54, 1.807) is 24.3 Å². The van der Waals surface area contributed by atoms with E-state index < -0.39 is 0 Å². The number of hydrogen-bond donors (Lipinski definition) is 2. The van der Waals surface area contributed by atoms with Gasteiger partial charge in [0.2, 0.25) is 5.91 Å². The van der Waals surface area contributed by atoms with Crippen LogP contribution >= 0.6 is 12.2 Å². The fourth-order valence-corrected chi connectivity index (χ4v) is 3.77. The van der Waals surface area contributed by atoms with Gasteiger partial charge in [0.25, 0.3) is 5.91 Å². The van der Waals surface area contributed by atoms with Crippen LogP contribution in [0.4, 0.5) is 11.4 Å². The average molecular weight is 469 g/mol. The second-order valence-corrected chi connectivity index (χ2v) is 8.78. The average Bonchev–Trinajstić information content (AvgIpc) is 2.83. The Balaban J connectivity index is 1.58. The van der Waals surface area contributed by atoms with Crippen molar-refractivity contribution < 1.29 is 14.3 Å². The molecule has 0 spiro atoms. The number of para-hydroxylation sites is 2. The lowest BCUT2D eigenvalue weighted by Crippen LogP contribution is -2.48. The molecule has 0 aliphatic carbocycles. The van der Waals surface area contributed by atoms with E-state index in [0.29, 0.717) is 37.6 Å². The van der Waals surface area contributed by atoms with Crippen molar-refractivity contribution in [1.29, 1.82) is 0 Å². The Kier molecular flexibility index (Phi) is 8.65. The summed E-state index contributed by atoms with van der Waals surface area (Å²) in [6.45, 7) is 9.56. The highest BCUT2D eigenvalue weighted by molar-refractivity contribution is 7.80. The Morgan fingerprint density at radius 2 is 1.70 bits per heavy atom. The van der Waals surface area contributed by atoms with Gasteiger partial charge in [-0.3, -0.25) is 14.9 Å². The largest absolute Gasteiger partial charge is 0.493 e. The molecule has 8 heteroatoms. The number of ether oxygens (including phenoxy) is 1. The number of amides is 2. The second-order valence-electron chi connectivity index (χ2n) is 8.38. The molecule has 2 aromatic carbocycles. The van der Waals surface area contributed by atoms with Crippen molar-refractivity contribution >= 4 is 40.5 Å². The molecule has 0 unspecified atom stereocenters. The van der Waals surface area contributed by atoms with Crippen LogP contribution in [0.15, 0.2) is 48.5 Å². The summed E-state index contributed by atoms with van der Waals surface area (Å²) in [5.41, 5.74) is 2.31. The van der Waals surface area contributed by atoms with Crippen LogP contribution in [0.1, 0.15) is 37.6 Å². The molecule has 0 radical (unpaired) electrons. The lowest BCUT2D eigenvalue weighted by molar-refractivity contribution is -0.131. The molecule has 2 N–H and O–H groups in total. The van der Waals surface area contributed by atoms with E-state index in [9.17, 15) is 9.59 Å². The predicted octanol–water partition coefficient (Wildman–Crippen LogP) is 3.91. The minimum Gasteiger partial charge on any atom is -0.493 e. The quantitative estimate of drug-likeness (QED) is 0.601. The Morgan fingerprint density at radius 1 is 1.03 bits per heavy atom. The van der Waals surface area contributed by atoms with E-state index in [4.69, 9.17) is 17.0 Å². The Morgan fingerprint density at radius 3 is 2.33 bits per heavy atom. The van der Waals surface area contributed by atoms with Crippen molar-refractivity contribution in [2.24, 2.45) is 5.92 Å². The molecule has 1 heterocycles. The van der Waals surface area contributed by atoms with Crippen LogP contribution in [0.2, 0.25) is 0 Å². The maximum atomic E-state index is 12.6. The third kappa shape index (κ3) is 6.92. The minimum absolute atomic E-state index is 0.185. The van der Waals surface area contributed by atoms with Gasteiger partial charge >= 0.3 is 0 Å². The molecule has 0 bridgehead atoms. The van der Waals surface area contributed by atoms with E-state index >= 15 is 0 Å². The monoisotopic (exact) mass is 468 g/mol. The number of carbonyl (C=O) groups is 2. The first-order valence-corrected chi connectivity index (χ1v) is 11.7. The van der Waals surface area contributed by atoms with Crippen LogP contribution in [0.3, 0.4) is 0 Å². The lowest BCUT2D eigenvalue weighted by Gasteiger charge is -2.37. The summed E-state index contributed by atoms with van der Waals surface area (Å²) in [4.78, 5) is 28.7. The van der Waals surface area contributed by atoms with Crippen molar-refractivity contribution in [1.82, 2.24) is 10.2 Å². The highest BCUT2D eigenvalue weighted by atomic mass is 32.1. The Hall–Kier alpha value is -3.13. The van der Waals surface area contributed by atoms with Gasteiger partial charge in [0.1, 0.15) is 5.75 Å². The maximum Gasteiger partial charge on any atom is 0.257 e. The number of piperazine rings is 1. The van der Waals surface area contributed by atoms with E-state index in [2.05, 4.69) is 29.4 Å². The van der Waals surface area contributed by atoms with Crippen molar-refractivity contribution in [2.45, 2.75) is 27.2 Å². The molecule has 2 aromatic rings. The summed E-state index contributed by atoms with van der Waals surface area (Å²) in [5.74, 6) is 1.06. The zero-order valence-corrected chi connectivity index (χ0v) is 20.3. The molecule has 176 valence electrons. The third-order valence-corrected chi connectivity index (χ3v) is 5.56. The highest BCUT2D eigenvalue weighted by Crippen LogP contribution is 2.26. The van der Waals surface area contributed by atoms with Gasteiger partial charge in [-0.05, 0) is 54.5 Å². The second kappa shape index (κ2) is 11.7. The van der Waals surface area contributed by atoms with Gasteiger partial charge in [-0.25, -0.2) is 0 Å². The van der Waals surface area contributed by atoms with E-state index in [0.717, 1.165) is 30.2 Å². The van der Waals surface area contributed by atoms with Gasteiger partial charge in [0.15, 0.2) is 5.11 Å². The van der Waals surface area contributed by atoms with Crippen LogP contribution in [-0.4, -0.2) is 54.6 Å². The van der Waals surface area contributed by atoms with Crippen molar-refractivity contribution in [3.05, 3.63) is 54.1 Å². The molecule has 0 atom stereocenters. The van der Waals surface area contributed by atoms with Gasteiger partial charge in [-0.15, -0.1) is 0 Å². The fourth-order valence-electron chi connectivity index (χ4n) is 3.57. The predicted molar refractivity (Wildman–Crippen MR) is 136 cm³/mol. The van der Waals surface area contributed by atoms with E-state index in [-0.39, 0.29) is 16.9 Å². The van der Waals surface area contributed by atoms with Gasteiger partial charge < -0.3 is 19.9 Å². The van der Waals surface area contributed by atoms with Gasteiger partial charge in [0, 0.05) is 38.2 Å². The van der Waals surface area contributed by atoms with Crippen LogP contribution < -0.4 is 20.3 Å². The molecule has 1 fully saturated rings. The zero-order chi connectivity index (χ0) is 23.8. The molecule has 2 amide bonds. The number of nitrogens with zero attached hydrogens (tertiary/aromatic N) is 2. The molecule has 1 saturated heterocycles. The van der Waals surface area contributed by atoms with Crippen LogP contribution in [0.5, 0.6) is 5.75 Å². The summed E-state index contributed by atoms with van der Waals surface area (Å²) >= 11 is 5.40. The van der Waals surface area contributed by atoms with Gasteiger partial charge in [-0.2, -0.15) is 0 Å². The SMILES string of the molecule is CCC(=O)N1CCN(c2ccccc2NC(=S)NC(=O)c2ccc(OCC(C)C)cc2)CC1. The zero-order valence-electron chi connectivity index (χ0n) is 19.5. The molecule has 0 aromatic heterocycles.